The standard InChI is InChI=1S/C23H26O6/c1-4-28-20(25)13-17-15-8-6-7-9-16(15)21(22(17)23(26)29-5-2)14-10-11-18(24)19(12-14)27-3/h6-12,17,21-22,24H,4-5,13H2,1-3H3. The van der Waals surface area contributed by atoms with Crippen molar-refractivity contribution in [3.63, 3.8) is 0 Å². The van der Waals surface area contributed by atoms with Crippen LogP contribution in [0.1, 0.15) is 48.8 Å². The molecule has 2 aromatic carbocycles. The Morgan fingerprint density at radius 2 is 1.69 bits per heavy atom. The number of esters is 2. The summed E-state index contributed by atoms with van der Waals surface area (Å²) >= 11 is 0. The first kappa shape index (κ1) is 20.7. The van der Waals surface area contributed by atoms with Gasteiger partial charge in [-0.1, -0.05) is 30.3 Å². The first-order valence-corrected chi connectivity index (χ1v) is 9.79. The third-order valence-electron chi connectivity index (χ3n) is 5.34. The van der Waals surface area contributed by atoms with Crippen LogP contribution in [0, 0.1) is 5.92 Å². The second-order valence-electron chi connectivity index (χ2n) is 6.93. The molecule has 0 amide bonds. The maximum Gasteiger partial charge on any atom is 0.310 e. The molecular formula is C23H26O6. The summed E-state index contributed by atoms with van der Waals surface area (Å²) in [6.07, 6.45) is 0.0973. The zero-order chi connectivity index (χ0) is 21.0. The Kier molecular flexibility index (Phi) is 6.42. The molecule has 154 valence electrons. The van der Waals surface area contributed by atoms with Crippen molar-refractivity contribution in [1.29, 1.82) is 0 Å². The number of carbonyl (C=O) groups excluding carboxylic acids is 2. The van der Waals surface area contributed by atoms with Crippen LogP contribution < -0.4 is 4.74 Å². The predicted molar refractivity (Wildman–Crippen MR) is 107 cm³/mol. The molecule has 0 saturated carbocycles. The molecule has 3 rings (SSSR count). The Bertz CT molecular complexity index is 891. The molecule has 0 radical (unpaired) electrons. The number of fused-ring (bicyclic) bond motifs is 1. The fraction of sp³-hybridized carbons (Fsp3) is 0.391. The molecule has 1 N–H and O–H groups in total. The van der Waals surface area contributed by atoms with Crippen LogP contribution in [0.3, 0.4) is 0 Å². The van der Waals surface area contributed by atoms with Crippen LogP contribution in [0.15, 0.2) is 42.5 Å². The minimum atomic E-state index is -0.578. The lowest BCUT2D eigenvalue weighted by atomic mass is 9.81. The fourth-order valence-electron chi connectivity index (χ4n) is 4.20. The summed E-state index contributed by atoms with van der Waals surface area (Å²) < 4.78 is 15.8. The zero-order valence-corrected chi connectivity index (χ0v) is 16.9. The van der Waals surface area contributed by atoms with E-state index >= 15 is 0 Å². The number of benzene rings is 2. The molecule has 0 saturated heterocycles. The summed E-state index contributed by atoms with van der Waals surface area (Å²) in [7, 11) is 1.48. The molecule has 0 bridgehead atoms. The highest BCUT2D eigenvalue weighted by atomic mass is 16.5. The molecular weight excluding hydrogens is 372 g/mol. The number of aromatic hydroxyl groups is 1. The van der Waals surface area contributed by atoms with Crippen LogP contribution in [0.4, 0.5) is 0 Å². The number of ether oxygens (including phenoxy) is 3. The number of phenolic OH excluding ortho intramolecular Hbond substituents is 1. The van der Waals surface area contributed by atoms with E-state index in [2.05, 4.69) is 0 Å². The van der Waals surface area contributed by atoms with E-state index in [1.54, 1.807) is 32.0 Å². The van der Waals surface area contributed by atoms with Gasteiger partial charge in [0, 0.05) is 11.8 Å². The SMILES string of the molecule is CCOC(=O)CC1c2ccccc2C(c2ccc(O)c(OC)c2)C1C(=O)OCC. The van der Waals surface area contributed by atoms with Crippen LogP contribution in [0.25, 0.3) is 0 Å². The average molecular weight is 398 g/mol. The number of hydrogen-bond acceptors (Lipinski definition) is 6. The molecule has 1 aliphatic rings. The molecule has 6 heteroatoms. The van der Waals surface area contributed by atoms with Crippen molar-refractivity contribution in [2.45, 2.75) is 32.1 Å². The molecule has 0 heterocycles. The topological polar surface area (TPSA) is 82.1 Å². The van der Waals surface area contributed by atoms with Gasteiger partial charge in [-0.2, -0.15) is 0 Å². The second kappa shape index (κ2) is 8.99. The van der Waals surface area contributed by atoms with Gasteiger partial charge in [-0.15, -0.1) is 0 Å². The normalized spacial score (nSPS) is 20.0. The van der Waals surface area contributed by atoms with E-state index in [9.17, 15) is 14.7 Å². The molecule has 6 nitrogen and oxygen atoms in total. The summed E-state index contributed by atoms with van der Waals surface area (Å²) in [6, 6.07) is 12.8. The zero-order valence-electron chi connectivity index (χ0n) is 16.9. The Hall–Kier alpha value is -3.02. The van der Waals surface area contributed by atoms with E-state index < -0.39 is 5.92 Å². The molecule has 0 spiro atoms. The van der Waals surface area contributed by atoms with Crippen molar-refractivity contribution in [2.24, 2.45) is 5.92 Å². The van der Waals surface area contributed by atoms with Gasteiger partial charge in [0.05, 0.1) is 32.7 Å². The Morgan fingerprint density at radius 3 is 2.34 bits per heavy atom. The largest absolute Gasteiger partial charge is 0.504 e. The molecule has 0 aliphatic heterocycles. The number of hydrogen-bond donors (Lipinski definition) is 1. The van der Waals surface area contributed by atoms with Crippen molar-refractivity contribution in [2.75, 3.05) is 20.3 Å². The van der Waals surface area contributed by atoms with Crippen LogP contribution in [0.5, 0.6) is 11.5 Å². The predicted octanol–water partition coefficient (Wildman–Crippen LogP) is 3.76. The lowest BCUT2D eigenvalue weighted by Crippen LogP contribution is -2.27. The van der Waals surface area contributed by atoms with Gasteiger partial charge in [-0.3, -0.25) is 9.59 Å². The van der Waals surface area contributed by atoms with E-state index in [0.29, 0.717) is 5.75 Å². The van der Waals surface area contributed by atoms with Gasteiger partial charge in [0.1, 0.15) is 0 Å². The van der Waals surface area contributed by atoms with Gasteiger partial charge in [-0.25, -0.2) is 0 Å². The molecule has 29 heavy (non-hydrogen) atoms. The average Bonchev–Trinajstić information content (AvgIpc) is 3.03. The smallest absolute Gasteiger partial charge is 0.310 e. The highest BCUT2D eigenvalue weighted by Gasteiger charge is 2.47. The van der Waals surface area contributed by atoms with Gasteiger partial charge in [0.15, 0.2) is 11.5 Å². The number of phenols is 1. The van der Waals surface area contributed by atoms with Gasteiger partial charge in [-0.05, 0) is 42.7 Å². The third kappa shape index (κ3) is 4.06. The molecule has 0 aromatic heterocycles. The highest BCUT2D eigenvalue weighted by Crippen LogP contribution is 2.52. The summed E-state index contributed by atoms with van der Waals surface area (Å²) in [5.74, 6) is -1.59. The summed E-state index contributed by atoms with van der Waals surface area (Å²) in [6.45, 7) is 4.06. The number of carbonyl (C=O) groups is 2. The molecule has 0 fully saturated rings. The summed E-state index contributed by atoms with van der Waals surface area (Å²) in [5.41, 5.74) is 2.72. The van der Waals surface area contributed by atoms with Crippen LogP contribution >= 0.6 is 0 Å². The van der Waals surface area contributed by atoms with E-state index in [1.807, 2.05) is 24.3 Å². The lowest BCUT2D eigenvalue weighted by Gasteiger charge is -2.24. The van der Waals surface area contributed by atoms with Gasteiger partial charge < -0.3 is 19.3 Å². The van der Waals surface area contributed by atoms with Gasteiger partial charge in [0.25, 0.3) is 0 Å². The van der Waals surface area contributed by atoms with Crippen molar-refractivity contribution >= 4 is 11.9 Å². The molecule has 2 aromatic rings. The van der Waals surface area contributed by atoms with Crippen molar-refractivity contribution in [3.8, 4) is 11.5 Å². The Labute approximate surface area is 170 Å². The molecule has 3 unspecified atom stereocenters. The highest BCUT2D eigenvalue weighted by molar-refractivity contribution is 5.81. The summed E-state index contributed by atoms with van der Waals surface area (Å²) in [5, 5.41) is 9.98. The third-order valence-corrected chi connectivity index (χ3v) is 5.34. The maximum absolute atomic E-state index is 13.0. The van der Waals surface area contributed by atoms with Gasteiger partial charge >= 0.3 is 11.9 Å². The minimum absolute atomic E-state index is 0.0262. The quantitative estimate of drug-likeness (QED) is 0.715. The van der Waals surface area contributed by atoms with Crippen LogP contribution in [-0.2, 0) is 19.1 Å². The Balaban J connectivity index is 2.11. The van der Waals surface area contributed by atoms with E-state index in [1.165, 1.54) is 7.11 Å². The number of rotatable bonds is 7. The van der Waals surface area contributed by atoms with E-state index in [0.717, 1.165) is 16.7 Å². The lowest BCUT2D eigenvalue weighted by molar-refractivity contribution is -0.150. The Morgan fingerprint density at radius 1 is 1.00 bits per heavy atom. The minimum Gasteiger partial charge on any atom is -0.504 e. The van der Waals surface area contributed by atoms with Crippen molar-refractivity contribution in [1.82, 2.24) is 0 Å². The van der Waals surface area contributed by atoms with Gasteiger partial charge in [0.2, 0.25) is 0 Å². The molecule has 3 atom stereocenters. The fourth-order valence-corrected chi connectivity index (χ4v) is 4.20. The van der Waals surface area contributed by atoms with E-state index in [4.69, 9.17) is 14.2 Å². The number of methoxy groups -OCH3 is 1. The van der Waals surface area contributed by atoms with Crippen LogP contribution in [0.2, 0.25) is 0 Å². The summed E-state index contributed by atoms with van der Waals surface area (Å²) in [4.78, 5) is 25.3. The first-order valence-electron chi connectivity index (χ1n) is 9.79. The maximum atomic E-state index is 13.0. The van der Waals surface area contributed by atoms with Crippen molar-refractivity contribution < 1.29 is 28.9 Å². The van der Waals surface area contributed by atoms with E-state index in [-0.39, 0.29) is 49.2 Å². The van der Waals surface area contributed by atoms with Crippen LogP contribution in [-0.4, -0.2) is 37.4 Å². The van der Waals surface area contributed by atoms with Crippen molar-refractivity contribution in [3.05, 3.63) is 59.2 Å². The first-order chi connectivity index (χ1) is 14.0. The second-order valence-corrected chi connectivity index (χ2v) is 6.93. The monoisotopic (exact) mass is 398 g/mol. The molecule has 1 aliphatic carbocycles.